The molecule has 0 aromatic heterocycles. The molecule has 0 amide bonds. The summed E-state index contributed by atoms with van der Waals surface area (Å²) >= 11 is 0. The van der Waals surface area contributed by atoms with Crippen molar-refractivity contribution in [1.29, 1.82) is 0 Å². The van der Waals surface area contributed by atoms with E-state index >= 15 is 0 Å². The molecular weight excluding hydrogens is 164 g/mol. The first kappa shape index (κ1) is 9.79. The van der Waals surface area contributed by atoms with E-state index in [0.29, 0.717) is 10.5 Å². The molecule has 0 aromatic rings. The van der Waals surface area contributed by atoms with Gasteiger partial charge in [-0.15, -0.1) is 0 Å². The average molecular weight is 182 g/mol. The van der Waals surface area contributed by atoms with Gasteiger partial charge in [0.2, 0.25) is 0 Å². The zero-order valence-corrected chi connectivity index (χ0v) is 8.86. The van der Waals surface area contributed by atoms with Gasteiger partial charge in [0.1, 0.15) is 0 Å². The maximum atomic E-state index is 4.09. The van der Waals surface area contributed by atoms with Crippen molar-refractivity contribution in [3.63, 3.8) is 0 Å². The molecule has 0 N–H and O–H groups in total. The maximum absolute atomic E-state index is 4.09. The van der Waals surface area contributed by atoms with Crippen LogP contribution in [-0.2, 0) is 0 Å². The van der Waals surface area contributed by atoms with Crippen molar-refractivity contribution in [1.82, 2.24) is 0 Å². The van der Waals surface area contributed by atoms with Crippen LogP contribution >= 0.6 is 10.5 Å². The number of rotatable bonds is 3. The van der Waals surface area contributed by atoms with Crippen molar-refractivity contribution >= 4 is 15.9 Å². The van der Waals surface area contributed by atoms with E-state index < -0.39 is 0 Å². The van der Waals surface area contributed by atoms with Crippen molar-refractivity contribution in [2.45, 2.75) is 26.2 Å². The van der Waals surface area contributed by atoms with Crippen LogP contribution < -0.4 is 0 Å². The Morgan fingerprint density at radius 2 is 2.17 bits per heavy atom. The molecule has 0 saturated heterocycles. The van der Waals surface area contributed by atoms with Gasteiger partial charge in [-0.2, -0.15) is 10.5 Å². The zero-order valence-electron chi connectivity index (χ0n) is 8.05. The van der Waals surface area contributed by atoms with Crippen LogP contribution in [0.5, 0.6) is 0 Å². The summed E-state index contributed by atoms with van der Waals surface area (Å²) in [4.78, 5) is 0. The minimum absolute atomic E-state index is 0.342. The van der Waals surface area contributed by atoms with Crippen molar-refractivity contribution in [3.8, 4) is 0 Å². The SMILES string of the molecule is C=C(C=CS(C)=CC)C1CCC1. The molecule has 1 rings (SSSR count). The Morgan fingerprint density at radius 1 is 1.50 bits per heavy atom. The lowest BCUT2D eigenvalue weighted by Crippen LogP contribution is -2.11. The van der Waals surface area contributed by atoms with Gasteiger partial charge >= 0.3 is 0 Å². The maximum Gasteiger partial charge on any atom is -0.0168 e. The van der Waals surface area contributed by atoms with Gasteiger partial charge < -0.3 is 0 Å². The van der Waals surface area contributed by atoms with E-state index in [1.54, 1.807) is 0 Å². The van der Waals surface area contributed by atoms with E-state index in [2.05, 4.69) is 36.6 Å². The monoisotopic (exact) mass is 182 g/mol. The van der Waals surface area contributed by atoms with Gasteiger partial charge in [-0.05, 0) is 37.3 Å². The minimum atomic E-state index is 0.342. The van der Waals surface area contributed by atoms with Crippen molar-refractivity contribution in [3.05, 3.63) is 23.6 Å². The second-order valence-corrected chi connectivity index (χ2v) is 5.31. The first-order valence-electron chi connectivity index (χ1n) is 4.54. The predicted molar refractivity (Wildman–Crippen MR) is 60.9 cm³/mol. The smallest absolute Gasteiger partial charge is 0.0168 e. The lowest BCUT2D eigenvalue weighted by molar-refractivity contribution is 0.375. The zero-order chi connectivity index (χ0) is 8.97. The van der Waals surface area contributed by atoms with Crippen LogP contribution in [0.15, 0.2) is 23.6 Å². The second-order valence-electron chi connectivity index (χ2n) is 3.35. The summed E-state index contributed by atoms with van der Waals surface area (Å²) in [5.74, 6) is 0.801. The largest absolute Gasteiger partial charge is 0.170 e. The molecule has 1 aliphatic carbocycles. The highest BCUT2D eigenvalue weighted by Crippen LogP contribution is 2.33. The fourth-order valence-electron chi connectivity index (χ4n) is 1.19. The molecule has 0 radical (unpaired) electrons. The highest BCUT2D eigenvalue weighted by atomic mass is 32.2. The van der Waals surface area contributed by atoms with E-state index in [9.17, 15) is 0 Å². The third kappa shape index (κ3) is 2.63. The summed E-state index contributed by atoms with van der Waals surface area (Å²) in [6, 6.07) is 0. The molecule has 0 aromatic carbocycles. The lowest BCUT2D eigenvalue weighted by Gasteiger charge is -2.25. The number of allylic oxidation sites excluding steroid dienone is 2. The van der Waals surface area contributed by atoms with Crippen molar-refractivity contribution in [2.75, 3.05) is 6.26 Å². The molecule has 1 heteroatoms. The molecule has 12 heavy (non-hydrogen) atoms. The van der Waals surface area contributed by atoms with Crippen LogP contribution in [0.25, 0.3) is 0 Å². The topological polar surface area (TPSA) is 0 Å². The van der Waals surface area contributed by atoms with E-state index in [0.717, 1.165) is 5.92 Å². The molecule has 0 aliphatic heterocycles. The minimum Gasteiger partial charge on any atom is -0.170 e. The van der Waals surface area contributed by atoms with Gasteiger partial charge in [0.15, 0.2) is 0 Å². The van der Waals surface area contributed by atoms with Crippen LogP contribution in [0, 0.1) is 5.92 Å². The quantitative estimate of drug-likeness (QED) is 0.462. The Labute approximate surface area is 78.3 Å². The van der Waals surface area contributed by atoms with E-state index in [-0.39, 0.29) is 0 Å². The Balaban J connectivity index is 2.39. The summed E-state index contributed by atoms with van der Waals surface area (Å²) in [6.07, 6.45) is 8.56. The van der Waals surface area contributed by atoms with Crippen molar-refractivity contribution < 1.29 is 0 Å². The number of hydrogen-bond donors (Lipinski definition) is 0. The van der Waals surface area contributed by atoms with E-state index in [1.165, 1.54) is 24.8 Å². The Kier molecular flexibility index (Phi) is 3.80. The van der Waals surface area contributed by atoms with Gasteiger partial charge in [0, 0.05) is 0 Å². The molecule has 0 spiro atoms. The molecule has 0 heterocycles. The third-order valence-corrected chi connectivity index (χ3v) is 3.81. The fourth-order valence-corrected chi connectivity index (χ4v) is 1.73. The summed E-state index contributed by atoms with van der Waals surface area (Å²) in [7, 11) is 0.342. The van der Waals surface area contributed by atoms with Crippen LogP contribution in [0.1, 0.15) is 26.2 Å². The van der Waals surface area contributed by atoms with Gasteiger partial charge in [0.25, 0.3) is 0 Å². The highest BCUT2D eigenvalue weighted by molar-refractivity contribution is 8.16. The molecule has 1 unspecified atom stereocenters. The summed E-state index contributed by atoms with van der Waals surface area (Å²) in [5, 5.41) is 4.49. The second kappa shape index (κ2) is 4.66. The summed E-state index contributed by atoms with van der Waals surface area (Å²) < 4.78 is 0. The molecule has 1 fully saturated rings. The third-order valence-electron chi connectivity index (χ3n) is 2.50. The molecule has 0 nitrogen and oxygen atoms in total. The highest BCUT2D eigenvalue weighted by Gasteiger charge is 2.18. The molecular formula is C11H18S. The first-order valence-corrected chi connectivity index (χ1v) is 6.30. The number of hydrogen-bond acceptors (Lipinski definition) is 0. The van der Waals surface area contributed by atoms with Gasteiger partial charge in [-0.3, -0.25) is 0 Å². The van der Waals surface area contributed by atoms with Gasteiger partial charge in [-0.25, -0.2) is 0 Å². The Bertz CT molecular complexity index is 219. The molecule has 68 valence electrons. The van der Waals surface area contributed by atoms with Crippen LogP contribution in [0.3, 0.4) is 0 Å². The van der Waals surface area contributed by atoms with Gasteiger partial charge in [-0.1, -0.05) is 30.0 Å². The molecule has 1 aliphatic rings. The Morgan fingerprint density at radius 3 is 2.58 bits per heavy atom. The molecule has 0 bridgehead atoms. The van der Waals surface area contributed by atoms with Crippen LogP contribution in [0.2, 0.25) is 0 Å². The van der Waals surface area contributed by atoms with Crippen LogP contribution in [-0.4, -0.2) is 11.6 Å². The van der Waals surface area contributed by atoms with Crippen molar-refractivity contribution in [2.24, 2.45) is 5.92 Å². The summed E-state index contributed by atoms with van der Waals surface area (Å²) in [5.41, 5.74) is 1.34. The normalized spacial score (nSPS) is 21.2. The van der Waals surface area contributed by atoms with Gasteiger partial charge in [0.05, 0.1) is 0 Å². The Hall–Kier alpha value is -0.300. The average Bonchev–Trinajstić information content (AvgIpc) is 1.97. The standard InChI is InChI=1S/C11H18S/c1-4-12(3)9-8-10(2)11-6-5-7-11/h4,8-9,11H,2,5-7H2,1,3H3. The van der Waals surface area contributed by atoms with E-state index in [4.69, 9.17) is 0 Å². The predicted octanol–water partition coefficient (Wildman–Crippen LogP) is 3.58. The first-order chi connectivity index (χ1) is 5.74. The molecule has 1 atom stereocenters. The fraction of sp³-hybridized carbons (Fsp3) is 0.545. The van der Waals surface area contributed by atoms with Crippen LogP contribution in [0.4, 0.5) is 0 Å². The van der Waals surface area contributed by atoms with E-state index in [1.807, 2.05) is 0 Å². The lowest BCUT2D eigenvalue weighted by atomic mass is 9.80. The molecule has 1 saturated carbocycles. The summed E-state index contributed by atoms with van der Waals surface area (Å²) in [6.45, 7) is 6.20.